The number of ether oxygens (including phenoxy) is 1. The van der Waals surface area contributed by atoms with Gasteiger partial charge in [0.2, 0.25) is 5.91 Å². The standard InChI is InChI=1S/C21H21N3O5/c1-2-14-7-9-16(10-8-14)29-13-19(26)23-22-18(25)12-24-20(27)11-15-5-3-4-6-17(15)21(24)28/h3-10H,2,11-13H2,1H3,(H,22,25)(H,23,26). The number of fused-ring (bicyclic) bond motifs is 1. The van der Waals surface area contributed by atoms with E-state index in [1.165, 1.54) is 0 Å². The van der Waals surface area contributed by atoms with E-state index in [9.17, 15) is 19.2 Å². The highest BCUT2D eigenvalue weighted by Crippen LogP contribution is 2.19. The molecule has 0 radical (unpaired) electrons. The first-order valence-corrected chi connectivity index (χ1v) is 9.20. The summed E-state index contributed by atoms with van der Waals surface area (Å²) >= 11 is 0. The summed E-state index contributed by atoms with van der Waals surface area (Å²) in [4.78, 5) is 49.3. The minimum absolute atomic E-state index is 0.0478. The van der Waals surface area contributed by atoms with E-state index in [-0.39, 0.29) is 13.0 Å². The number of rotatable bonds is 6. The van der Waals surface area contributed by atoms with Gasteiger partial charge in [0.1, 0.15) is 12.3 Å². The van der Waals surface area contributed by atoms with Crippen LogP contribution >= 0.6 is 0 Å². The van der Waals surface area contributed by atoms with Gasteiger partial charge in [-0.15, -0.1) is 0 Å². The Morgan fingerprint density at radius 1 is 1.00 bits per heavy atom. The minimum Gasteiger partial charge on any atom is -0.484 e. The van der Waals surface area contributed by atoms with Crippen LogP contribution in [0.4, 0.5) is 0 Å². The molecule has 0 saturated heterocycles. The second-order valence-electron chi connectivity index (χ2n) is 6.50. The minimum atomic E-state index is -0.688. The third-order valence-electron chi connectivity index (χ3n) is 4.48. The number of hydrogen-bond donors (Lipinski definition) is 2. The van der Waals surface area contributed by atoms with Crippen molar-refractivity contribution in [2.45, 2.75) is 19.8 Å². The van der Waals surface area contributed by atoms with Gasteiger partial charge in [0.15, 0.2) is 6.61 Å². The van der Waals surface area contributed by atoms with Crippen LogP contribution in [0.3, 0.4) is 0 Å². The SMILES string of the molecule is CCc1ccc(OCC(=O)NNC(=O)CN2C(=O)Cc3ccccc3C2=O)cc1. The fraction of sp³-hybridized carbons (Fsp3) is 0.238. The maximum atomic E-state index is 12.4. The van der Waals surface area contributed by atoms with Crippen LogP contribution in [0.2, 0.25) is 0 Å². The molecule has 2 aromatic carbocycles. The first kappa shape index (κ1) is 20.1. The summed E-state index contributed by atoms with van der Waals surface area (Å²) in [7, 11) is 0. The molecule has 0 atom stereocenters. The monoisotopic (exact) mass is 395 g/mol. The predicted octanol–water partition coefficient (Wildman–Crippen LogP) is 1.00. The number of benzene rings is 2. The van der Waals surface area contributed by atoms with Gasteiger partial charge in [-0.05, 0) is 35.7 Å². The highest BCUT2D eigenvalue weighted by atomic mass is 16.5. The van der Waals surface area contributed by atoms with Crippen LogP contribution < -0.4 is 15.6 Å². The highest BCUT2D eigenvalue weighted by Gasteiger charge is 2.31. The Morgan fingerprint density at radius 2 is 1.69 bits per heavy atom. The molecular formula is C21H21N3O5. The molecule has 0 bridgehead atoms. The zero-order valence-corrected chi connectivity index (χ0v) is 15.9. The second-order valence-corrected chi connectivity index (χ2v) is 6.50. The van der Waals surface area contributed by atoms with E-state index < -0.39 is 30.2 Å². The van der Waals surface area contributed by atoms with Crippen LogP contribution in [-0.4, -0.2) is 41.7 Å². The summed E-state index contributed by atoms with van der Waals surface area (Å²) < 4.78 is 5.34. The quantitative estimate of drug-likeness (QED) is 0.561. The molecule has 4 amide bonds. The Kier molecular flexibility index (Phi) is 6.23. The predicted molar refractivity (Wildman–Crippen MR) is 104 cm³/mol. The van der Waals surface area contributed by atoms with E-state index in [4.69, 9.17) is 4.74 Å². The summed E-state index contributed by atoms with van der Waals surface area (Å²) in [6.07, 6.45) is 0.951. The maximum Gasteiger partial charge on any atom is 0.276 e. The van der Waals surface area contributed by atoms with Gasteiger partial charge in [0.25, 0.3) is 17.7 Å². The van der Waals surface area contributed by atoms with Gasteiger partial charge in [0, 0.05) is 5.56 Å². The zero-order valence-electron chi connectivity index (χ0n) is 15.9. The van der Waals surface area contributed by atoms with E-state index in [0.717, 1.165) is 16.9 Å². The molecule has 2 aromatic rings. The summed E-state index contributed by atoms with van der Waals surface area (Å²) in [5.74, 6) is -1.72. The zero-order chi connectivity index (χ0) is 20.8. The third kappa shape index (κ3) is 4.98. The highest BCUT2D eigenvalue weighted by molar-refractivity contribution is 6.11. The molecule has 0 saturated carbocycles. The number of hydrazine groups is 1. The van der Waals surface area contributed by atoms with Crippen LogP contribution in [-0.2, 0) is 27.2 Å². The smallest absolute Gasteiger partial charge is 0.276 e. The van der Waals surface area contributed by atoms with Crippen molar-refractivity contribution in [3.05, 3.63) is 65.2 Å². The molecule has 2 N–H and O–H groups in total. The van der Waals surface area contributed by atoms with Crippen molar-refractivity contribution in [3.63, 3.8) is 0 Å². The molecule has 0 aliphatic carbocycles. The molecule has 0 spiro atoms. The summed E-state index contributed by atoms with van der Waals surface area (Å²) in [6, 6.07) is 14.1. The van der Waals surface area contributed by atoms with Crippen molar-refractivity contribution in [2.24, 2.45) is 0 Å². The Morgan fingerprint density at radius 3 is 2.41 bits per heavy atom. The van der Waals surface area contributed by atoms with Crippen LogP contribution in [0.1, 0.15) is 28.4 Å². The molecule has 1 aliphatic rings. The number of carbonyl (C=O) groups excluding carboxylic acids is 4. The van der Waals surface area contributed by atoms with Gasteiger partial charge in [-0.1, -0.05) is 37.3 Å². The fourth-order valence-electron chi connectivity index (χ4n) is 2.89. The Hall–Kier alpha value is -3.68. The van der Waals surface area contributed by atoms with Crippen molar-refractivity contribution < 1.29 is 23.9 Å². The lowest BCUT2D eigenvalue weighted by atomic mass is 9.98. The van der Waals surface area contributed by atoms with E-state index in [1.807, 2.05) is 19.1 Å². The second kappa shape index (κ2) is 9.01. The summed E-state index contributed by atoms with van der Waals surface area (Å²) in [5, 5.41) is 0. The van der Waals surface area contributed by atoms with Crippen molar-refractivity contribution in [1.29, 1.82) is 0 Å². The van der Waals surface area contributed by atoms with Gasteiger partial charge >= 0.3 is 0 Å². The van der Waals surface area contributed by atoms with Crippen LogP contribution in [0.15, 0.2) is 48.5 Å². The fourth-order valence-corrected chi connectivity index (χ4v) is 2.89. The lowest BCUT2D eigenvalue weighted by Gasteiger charge is -2.26. The molecule has 150 valence electrons. The molecule has 29 heavy (non-hydrogen) atoms. The Balaban J connectivity index is 1.46. The van der Waals surface area contributed by atoms with Crippen LogP contribution in [0, 0.1) is 0 Å². The largest absolute Gasteiger partial charge is 0.484 e. The lowest BCUT2D eigenvalue weighted by molar-refractivity contribution is -0.135. The molecular weight excluding hydrogens is 374 g/mol. The van der Waals surface area contributed by atoms with Crippen LogP contribution in [0.5, 0.6) is 5.75 Å². The number of nitrogens with zero attached hydrogens (tertiary/aromatic N) is 1. The first-order chi connectivity index (χ1) is 14.0. The van der Waals surface area contributed by atoms with E-state index in [2.05, 4.69) is 10.9 Å². The molecule has 8 nitrogen and oxygen atoms in total. The first-order valence-electron chi connectivity index (χ1n) is 9.20. The lowest BCUT2D eigenvalue weighted by Crippen LogP contribution is -2.51. The van der Waals surface area contributed by atoms with Crippen LogP contribution in [0.25, 0.3) is 0 Å². The number of carbonyl (C=O) groups is 4. The molecule has 1 aliphatic heterocycles. The molecule has 8 heteroatoms. The van der Waals surface area contributed by atoms with E-state index >= 15 is 0 Å². The van der Waals surface area contributed by atoms with Crippen molar-refractivity contribution in [2.75, 3.05) is 13.2 Å². The van der Waals surface area contributed by atoms with Crippen molar-refractivity contribution >= 4 is 23.6 Å². The summed E-state index contributed by atoms with van der Waals surface area (Å²) in [5.41, 5.74) is 6.57. The number of amides is 4. The third-order valence-corrected chi connectivity index (χ3v) is 4.48. The van der Waals surface area contributed by atoms with Gasteiger partial charge in [-0.3, -0.25) is 34.9 Å². The topological polar surface area (TPSA) is 105 Å². The molecule has 0 unspecified atom stereocenters. The Labute approximate surface area is 167 Å². The van der Waals surface area contributed by atoms with Crippen molar-refractivity contribution in [3.8, 4) is 5.75 Å². The van der Waals surface area contributed by atoms with E-state index in [0.29, 0.717) is 16.9 Å². The van der Waals surface area contributed by atoms with Gasteiger partial charge in [-0.25, -0.2) is 0 Å². The number of imide groups is 1. The van der Waals surface area contributed by atoms with E-state index in [1.54, 1.807) is 36.4 Å². The number of nitrogens with one attached hydrogen (secondary N) is 2. The number of aryl methyl sites for hydroxylation is 1. The maximum absolute atomic E-state index is 12.4. The molecule has 0 aromatic heterocycles. The van der Waals surface area contributed by atoms with Gasteiger partial charge < -0.3 is 4.74 Å². The van der Waals surface area contributed by atoms with Gasteiger partial charge in [0.05, 0.1) is 6.42 Å². The average molecular weight is 395 g/mol. The molecule has 1 heterocycles. The average Bonchev–Trinajstić information content (AvgIpc) is 2.74. The van der Waals surface area contributed by atoms with Crippen molar-refractivity contribution in [1.82, 2.24) is 15.8 Å². The van der Waals surface area contributed by atoms with Gasteiger partial charge in [-0.2, -0.15) is 0 Å². The number of hydrogen-bond acceptors (Lipinski definition) is 5. The Bertz CT molecular complexity index is 940. The normalized spacial score (nSPS) is 12.9. The summed E-state index contributed by atoms with van der Waals surface area (Å²) in [6.45, 7) is 1.27. The molecule has 0 fully saturated rings. The molecule has 3 rings (SSSR count).